The first-order valence-corrected chi connectivity index (χ1v) is 6.25. The molecule has 1 rings (SSSR count). The third kappa shape index (κ3) is 4.75. The fourth-order valence-corrected chi connectivity index (χ4v) is 1.55. The van der Waals surface area contributed by atoms with E-state index in [-0.39, 0.29) is 5.91 Å². The number of nitrogens with one attached hydrogen (secondary N) is 2. The van der Waals surface area contributed by atoms with E-state index in [1.807, 2.05) is 39.1 Å². The van der Waals surface area contributed by atoms with Crippen LogP contribution >= 0.6 is 0 Å². The summed E-state index contributed by atoms with van der Waals surface area (Å²) in [5, 5.41) is 5.79. The zero-order valence-corrected chi connectivity index (χ0v) is 11.4. The lowest BCUT2D eigenvalue weighted by Gasteiger charge is -2.10. The summed E-state index contributed by atoms with van der Waals surface area (Å²) in [6, 6.07) is 5.94. The average Bonchev–Trinajstić information content (AvgIpc) is 2.35. The molecule has 0 aliphatic carbocycles. The minimum atomic E-state index is 0.0237. The van der Waals surface area contributed by atoms with Crippen LogP contribution in [-0.4, -0.2) is 32.7 Å². The number of hydrogen-bond donors (Lipinski definition) is 2. The Balaban J connectivity index is 2.29. The van der Waals surface area contributed by atoms with Gasteiger partial charge in [0.05, 0.1) is 13.0 Å². The number of hydrogen-bond acceptors (Lipinski definition) is 3. The van der Waals surface area contributed by atoms with Crippen LogP contribution in [0.5, 0.6) is 5.75 Å². The molecule has 0 fully saturated rings. The molecule has 0 aliphatic heterocycles. The number of likely N-dealkylation sites (N-methyl/N-ethyl adjacent to an activating group) is 1. The van der Waals surface area contributed by atoms with Gasteiger partial charge < -0.3 is 15.4 Å². The summed E-state index contributed by atoms with van der Waals surface area (Å²) in [6.45, 7) is 5.92. The maximum absolute atomic E-state index is 11.4. The second-order valence-corrected chi connectivity index (χ2v) is 4.25. The first-order chi connectivity index (χ1) is 8.65. The Morgan fingerprint density at radius 3 is 2.78 bits per heavy atom. The smallest absolute Gasteiger partial charge is 0.223 e. The van der Waals surface area contributed by atoms with E-state index < -0.39 is 0 Å². The molecular formula is C14H22N2O2. The number of carbonyl (C=O) groups is 1. The van der Waals surface area contributed by atoms with Crippen molar-refractivity contribution in [3.05, 3.63) is 29.3 Å². The molecule has 0 heterocycles. The molecule has 0 saturated heterocycles. The van der Waals surface area contributed by atoms with Crippen molar-refractivity contribution in [1.82, 2.24) is 10.6 Å². The van der Waals surface area contributed by atoms with Crippen LogP contribution < -0.4 is 15.4 Å². The molecule has 0 aromatic heterocycles. The molecule has 1 amide bonds. The number of ether oxygens (including phenoxy) is 1. The normalized spacial score (nSPS) is 10.2. The molecule has 0 radical (unpaired) electrons. The summed E-state index contributed by atoms with van der Waals surface area (Å²) in [6.07, 6.45) is 0.386. The Kier molecular flexibility index (Phi) is 6.22. The van der Waals surface area contributed by atoms with Gasteiger partial charge in [-0.15, -0.1) is 0 Å². The third-order valence-electron chi connectivity index (χ3n) is 2.84. The van der Waals surface area contributed by atoms with Gasteiger partial charge in [0, 0.05) is 13.1 Å². The molecule has 0 aliphatic rings. The van der Waals surface area contributed by atoms with Crippen LogP contribution in [0.2, 0.25) is 0 Å². The number of benzene rings is 1. The first-order valence-electron chi connectivity index (χ1n) is 6.25. The van der Waals surface area contributed by atoms with Crippen molar-refractivity contribution in [1.29, 1.82) is 0 Å². The second kappa shape index (κ2) is 7.71. The molecule has 2 N–H and O–H groups in total. The predicted molar refractivity (Wildman–Crippen MR) is 73.0 cm³/mol. The van der Waals surface area contributed by atoms with Crippen LogP contribution in [0.4, 0.5) is 0 Å². The van der Waals surface area contributed by atoms with Gasteiger partial charge in [0.15, 0.2) is 0 Å². The van der Waals surface area contributed by atoms with Gasteiger partial charge >= 0.3 is 0 Å². The van der Waals surface area contributed by atoms with Gasteiger partial charge in [-0.05, 0) is 38.1 Å². The van der Waals surface area contributed by atoms with Crippen molar-refractivity contribution in [3.63, 3.8) is 0 Å². The molecule has 100 valence electrons. The number of amides is 1. The minimum Gasteiger partial charge on any atom is -0.493 e. The van der Waals surface area contributed by atoms with Gasteiger partial charge in [-0.25, -0.2) is 0 Å². The topological polar surface area (TPSA) is 50.4 Å². The lowest BCUT2D eigenvalue weighted by molar-refractivity contribution is -0.121. The van der Waals surface area contributed by atoms with E-state index >= 15 is 0 Å². The van der Waals surface area contributed by atoms with Gasteiger partial charge in [-0.1, -0.05) is 12.1 Å². The van der Waals surface area contributed by atoms with Crippen molar-refractivity contribution in [2.24, 2.45) is 0 Å². The van der Waals surface area contributed by atoms with E-state index in [0.717, 1.165) is 17.9 Å². The van der Waals surface area contributed by atoms with Crippen molar-refractivity contribution in [2.45, 2.75) is 20.3 Å². The summed E-state index contributed by atoms with van der Waals surface area (Å²) in [5.74, 6) is 0.883. The van der Waals surface area contributed by atoms with Crippen LogP contribution in [0, 0.1) is 13.8 Å². The van der Waals surface area contributed by atoms with E-state index in [2.05, 4.69) is 10.6 Å². The largest absolute Gasteiger partial charge is 0.493 e. The van der Waals surface area contributed by atoms with E-state index in [1.54, 1.807) is 0 Å². The Morgan fingerprint density at radius 2 is 2.06 bits per heavy atom. The molecule has 0 atom stereocenters. The Hall–Kier alpha value is -1.55. The number of aryl methyl sites for hydroxylation is 1. The monoisotopic (exact) mass is 250 g/mol. The summed E-state index contributed by atoms with van der Waals surface area (Å²) in [4.78, 5) is 11.4. The molecule has 18 heavy (non-hydrogen) atoms. The zero-order valence-electron chi connectivity index (χ0n) is 11.4. The van der Waals surface area contributed by atoms with E-state index in [1.165, 1.54) is 5.56 Å². The fourth-order valence-electron chi connectivity index (χ4n) is 1.55. The van der Waals surface area contributed by atoms with Gasteiger partial charge in [0.25, 0.3) is 0 Å². The first kappa shape index (κ1) is 14.5. The lowest BCUT2D eigenvalue weighted by atomic mass is 10.1. The molecule has 0 bridgehead atoms. The van der Waals surface area contributed by atoms with Crippen LogP contribution in [0.15, 0.2) is 18.2 Å². The van der Waals surface area contributed by atoms with E-state index in [9.17, 15) is 4.79 Å². The molecule has 4 nitrogen and oxygen atoms in total. The molecule has 1 aromatic rings. The van der Waals surface area contributed by atoms with Crippen molar-refractivity contribution in [2.75, 3.05) is 26.7 Å². The Morgan fingerprint density at radius 1 is 1.28 bits per heavy atom. The van der Waals surface area contributed by atoms with Crippen molar-refractivity contribution < 1.29 is 9.53 Å². The predicted octanol–water partition coefficient (Wildman–Crippen LogP) is 1.41. The van der Waals surface area contributed by atoms with Crippen LogP contribution in [-0.2, 0) is 4.79 Å². The Bertz CT molecular complexity index is 391. The van der Waals surface area contributed by atoms with E-state index in [0.29, 0.717) is 19.6 Å². The SMILES string of the molecule is CNCCNC(=O)CCOc1cccc(C)c1C. The summed E-state index contributed by atoms with van der Waals surface area (Å²) in [5.41, 5.74) is 2.33. The van der Waals surface area contributed by atoms with Gasteiger partial charge in [0.1, 0.15) is 5.75 Å². The number of carbonyl (C=O) groups excluding carboxylic acids is 1. The van der Waals surface area contributed by atoms with Gasteiger partial charge in [-0.3, -0.25) is 4.79 Å². The van der Waals surface area contributed by atoms with Crippen molar-refractivity contribution >= 4 is 5.91 Å². The van der Waals surface area contributed by atoms with Gasteiger partial charge in [-0.2, -0.15) is 0 Å². The summed E-state index contributed by atoms with van der Waals surface area (Å²) >= 11 is 0. The fraction of sp³-hybridized carbons (Fsp3) is 0.500. The Labute approximate surface area is 109 Å². The quantitative estimate of drug-likeness (QED) is 0.719. The zero-order chi connectivity index (χ0) is 13.4. The van der Waals surface area contributed by atoms with Crippen LogP contribution in [0.3, 0.4) is 0 Å². The molecule has 1 aromatic carbocycles. The minimum absolute atomic E-state index is 0.0237. The second-order valence-electron chi connectivity index (χ2n) is 4.25. The highest BCUT2D eigenvalue weighted by Gasteiger charge is 2.04. The highest BCUT2D eigenvalue weighted by atomic mass is 16.5. The molecule has 4 heteroatoms. The lowest BCUT2D eigenvalue weighted by Crippen LogP contribution is -2.31. The van der Waals surface area contributed by atoms with Crippen LogP contribution in [0.25, 0.3) is 0 Å². The third-order valence-corrected chi connectivity index (χ3v) is 2.84. The molecular weight excluding hydrogens is 228 g/mol. The van der Waals surface area contributed by atoms with Gasteiger partial charge in [0.2, 0.25) is 5.91 Å². The molecule has 0 unspecified atom stereocenters. The summed E-state index contributed by atoms with van der Waals surface area (Å²) < 4.78 is 5.62. The van der Waals surface area contributed by atoms with Crippen LogP contribution in [0.1, 0.15) is 17.5 Å². The standard InChI is InChI=1S/C14H22N2O2/c1-11-5-4-6-13(12(11)2)18-10-7-14(17)16-9-8-15-3/h4-6,15H,7-10H2,1-3H3,(H,16,17). The summed E-state index contributed by atoms with van der Waals surface area (Å²) in [7, 11) is 1.86. The highest BCUT2D eigenvalue weighted by molar-refractivity contribution is 5.75. The maximum Gasteiger partial charge on any atom is 0.223 e. The average molecular weight is 250 g/mol. The molecule has 0 spiro atoms. The van der Waals surface area contributed by atoms with Crippen molar-refractivity contribution in [3.8, 4) is 5.75 Å². The number of rotatable bonds is 7. The van der Waals surface area contributed by atoms with E-state index in [4.69, 9.17) is 4.74 Å². The highest BCUT2D eigenvalue weighted by Crippen LogP contribution is 2.20. The molecule has 0 saturated carbocycles. The maximum atomic E-state index is 11.4.